The fourth-order valence-corrected chi connectivity index (χ4v) is 1.48. The number of nitriles is 2. The molecule has 0 saturated carbocycles. The monoisotopic (exact) mass is 252 g/mol. The van der Waals surface area contributed by atoms with Crippen LogP contribution in [0.25, 0.3) is 0 Å². The van der Waals surface area contributed by atoms with Crippen LogP contribution in [0.3, 0.4) is 0 Å². The maximum atomic E-state index is 11.7. The Balaban J connectivity index is 5.10. The summed E-state index contributed by atoms with van der Waals surface area (Å²) in [6, 6.07) is 3.40. The van der Waals surface area contributed by atoms with E-state index in [1.54, 1.807) is 26.0 Å². The summed E-state index contributed by atoms with van der Waals surface area (Å²) >= 11 is 0. The van der Waals surface area contributed by atoms with Gasteiger partial charge in [-0.1, -0.05) is 6.92 Å². The van der Waals surface area contributed by atoms with Crippen molar-refractivity contribution in [1.82, 2.24) is 0 Å². The molecule has 0 aliphatic carbocycles. The smallest absolute Gasteiger partial charge is 0.312 e. The van der Waals surface area contributed by atoms with Crippen molar-refractivity contribution in [1.29, 1.82) is 10.5 Å². The number of hydrogen-bond donors (Lipinski definition) is 0. The molecule has 0 N–H and O–H groups in total. The van der Waals surface area contributed by atoms with Crippen molar-refractivity contribution in [3.63, 3.8) is 0 Å². The fraction of sp³-hybridized carbons (Fsp3) is 0.667. The Kier molecular flexibility index (Phi) is 7.14. The summed E-state index contributed by atoms with van der Waals surface area (Å²) in [5.74, 6) is -4.60. The summed E-state index contributed by atoms with van der Waals surface area (Å²) in [6.07, 6.45) is 0. The summed E-state index contributed by atoms with van der Waals surface area (Å²) in [6.45, 7) is 4.98. The largest absolute Gasteiger partial charge is 0.466 e. The summed E-state index contributed by atoms with van der Waals surface area (Å²) in [5.41, 5.74) is 0. The molecule has 0 radical (unpaired) electrons. The molecule has 0 heterocycles. The number of nitrogens with zero attached hydrogens (tertiary/aromatic N) is 2. The Bertz CT molecular complexity index is 367. The standard InChI is InChI=1S/C12H16N2O4/c1-4-17-11(15)8(3)10(9(6-13)7-14)12(16)18-5-2/h8-10H,4-5H2,1-3H3. The van der Waals surface area contributed by atoms with Gasteiger partial charge in [-0.25, -0.2) is 0 Å². The zero-order valence-electron chi connectivity index (χ0n) is 10.7. The first-order valence-electron chi connectivity index (χ1n) is 5.65. The molecule has 0 rings (SSSR count). The van der Waals surface area contributed by atoms with E-state index in [0.717, 1.165) is 0 Å². The predicted molar refractivity (Wildman–Crippen MR) is 60.6 cm³/mol. The highest BCUT2D eigenvalue weighted by atomic mass is 16.5. The van der Waals surface area contributed by atoms with Crippen LogP contribution in [-0.4, -0.2) is 25.2 Å². The Morgan fingerprint density at radius 3 is 1.89 bits per heavy atom. The number of carbonyl (C=O) groups excluding carboxylic acids is 2. The minimum absolute atomic E-state index is 0.119. The van der Waals surface area contributed by atoms with Gasteiger partial charge in [-0.15, -0.1) is 0 Å². The zero-order chi connectivity index (χ0) is 14.1. The van der Waals surface area contributed by atoms with Crippen molar-refractivity contribution >= 4 is 11.9 Å². The van der Waals surface area contributed by atoms with Gasteiger partial charge in [-0.05, 0) is 13.8 Å². The van der Waals surface area contributed by atoms with Gasteiger partial charge in [-0.2, -0.15) is 10.5 Å². The second-order valence-electron chi connectivity index (χ2n) is 3.55. The lowest BCUT2D eigenvalue weighted by molar-refractivity contribution is -0.160. The first-order valence-corrected chi connectivity index (χ1v) is 5.65. The van der Waals surface area contributed by atoms with Crippen LogP contribution in [0.15, 0.2) is 0 Å². The fourth-order valence-electron chi connectivity index (χ4n) is 1.48. The number of ether oxygens (including phenoxy) is 2. The van der Waals surface area contributed by atoms with Gasteiger partial charge in [-0.3, -0.25) is 9.59 Å². The molecule has 0 aliphatic rings. The minimum Gasteiger partial charge on any atom is -0.466 e. The molecule has 2 unspecified atom stereocenters. The first kappa shape index (κ1) is 15.9. The van der Waals surface area contributed by atoms with Crippen LogP contribution in [0, 0.1) is 40.4 Å². The number of hydrogen-bond acceptors (Lipinski definition) is 6. The molecule has 18 heavy (non-hydrogen) atoms. The molecule has 0 amide bonds. The lowest BCUT2D eigenvalue weighted by atomic mass is 9.84. The van der Waals surface area contributed by atoms with E-state index in [4.69, 9.17) is 20.0 Å². The molecule has 0 spiro atoms. The van der Waals surface area contributed by atoms with Gasteiger partial charge >= 0.3 is 11.9 Å². The molecular formula is C12H16N2O4. The average Bonchev–Trinajstić information content (AvgIpc) is 2.35. The summed E-state index contributed by atoms with van der Waals surface area (Å²) in [4.78, 5) is 23.3. The molecule has 0 aromatic heterocycles. The quantitative estimate of drug-likeness (QED) is 0.654. The van der Waals surface area contributed by atoms with E-state index in [9.17, 15) is 9.59 Å². The van der Waals surface area contributed by atoms with Gasteiger partial charge in [0.25, 0.3) is 0 Å². The summed E-state index contributed by atoms with van der Waals surface area (Å²) in [5, 5.41) is 17.7. The minimum atomic E-state index is -1.23. The lowest BCUT2D eigenvalue weighted by Gasteiger charge is -2.21. The zero-order valence-corrected chi connectivity index (χ0v) is 10.7. The van der Waals surface area contributed by atoms with Gasteiger partial charge < -0.3 is 9.47 Å². The van der Waals surface area contributed by atoms with Crippen LogP contribution >= 0.6 is 0 Å². The Morgan fingerprint density at radius 1 is 1.06 bits per heavy atom. The van der Waals surface area contributed by atoms with Crippen molar-refractivity contribution in [2.75, 3.05) is 13.2 Å². The molecule has 0 aromatic carbocycles. The van der Waals surface area contributed by atoms with Crippen LogP contribution in [0.5, 0.6) is 0 Å². The summed E-state index contributed by atoms with van der Waals surface area (Å²) in [7, 11) is 0. The maximum Gasteiger partial charge on any atom is 0.312 e. The maximum absolute atomic E-state index is 11.7. The molecule has 0 saturated heterocycles. The van der Waals surface area contributed by atoms with Gasteiger partial charge in [0, 0.05) is 0 Å². The first-order chi connectivity index (χ1) is 8.53. The highest BCUT2D eigenvalue weighted by molar-refractivity contribution is 5.82. The summed E-state index contributed by atoms with van der Waals surface area (Å²) < 4.78 is 9.58. The molecular weight excluding hydrogens is 236 g/mol. The third-order valence-electron chi connectivity index (χ3n) is 2.39. The Hall–Kier alpha value is -2.08. The van der Waals surface area contributed by atoms with Crippen LogP contribution < -0.4 is 0 Å². The van der Waals surface area contributed by atoms with Crippen LogP contribution in [0.1, 0.15) is 20.8 Å². The van der Waals surface area contributed by atoms with Gasteiger partial charge in [0.15, 0.2) is 0 Å². The van der Waals surface area contributed by atoms with Gasteiger partial charge in [0.2, 0.25) is 0 Å². The van der Waals surface area contributed by atoms with E-state index >= 15 is 0 Å². The third kappa shape index (κ3) is 4.06. The van der Waals surface area contributed by atoms with Gasteiger partial charge in [0.05, 0.1) is 37.2 Å². The topological polar surface area (TPSA) is 100 Å². The normalized spacial score (nSPS) is 13.0. The van der Waals surface area contributed by atoms with E-state index in [-0.39, 0.29) is 13.2 Å². The Morgan fingerprint density at radius 2 is 1.50 bits per heavy atom. The van der Waals surface area contributed by atoms with E-state index in [1.807, 2.05) is 0 Å². The molecule has 0 bridgehead atoms. The van der Waals surface area contributed by atoms with Crippen LogP contribution in [-0.2, 0) is 19.1 Å². The van der Waals surface area contributed by atoms with Crippen molar-refractivity contribution in [2.45, 2.75) is 20.8 Å². The van der Waals surface area contributed by atoms with E-state index in [0.29, 0.717) is 0 Å². The van der Waals surface area contributed by atoms with E-state index in [2.05, 4.69) is 0 Å². The number of carbonyl (C=O) groups is 2. The predicted octanol–water partition coefficient (Wildman–Crippen LogP) is 1.03. The molecule has 6 heteroatoms. The highest BCUT2D eigenvalue weighted by Crippen LogP contribution is 2.23. The molecule has 2 atom stereocenters. The van der Waals surface area contributed by atoms with Crippen molar-refractivity contribution in [3.05, 3.63) is 0 Å². The highest BCUT2D eigenvalue weighted by Gasteiger charge is 2.39. The second kappa shape index (κ2) is 8.08. The van der Waals surface area contributed by atoms with Crippen LogP contribution in [0.4, 0.5) is 0 Å². The average molecular weight is 252 g/mol. The van der Waals surface area contributed by atoms with E-state index < -0.39 is 29.7 Å². The van der Waals surface area contributed by atoms with Crippen molar-refractivity contribution < 1.29 is 19.1 Å². The lowest BCUT2D eigenvalue weighted by Crippen LogP contribution is -2.35. The van der Waals surface area contributed by atoms with Gasteiger partial charge in [0.1, 0.15) is 5.92 Å². The number of rotatable bonds is 6. The van der Waals surface area contributed by atoms with Crippen LogP contribution in [0.2, 0.25) is 0 Å². The second-order valence-corrected chi connectivity index (χ2v) is 3.55. The molecule has 0 aromatic rings. The van der Waals surface area contributed by atoms with E-state index in [1.165, 1.54) is 6.92 Å². The molecule has 0 fully saturated rings. The molecule has 98 valence electrons. The number of esters is 2. The molecule has 0 aliphatic heterocycles. The van der Waals surface area contributed by atoms with Crippen molar-refractivity contribution in [3.8, 4) is 12.1 Å². The molecule has 6 nitrogen and oxygen atoms in total. The third-order valence-corrected chi connectivity index (χ3v) is 2.39. The SMILES string of the molecule is CCOC(=O)C(C)C(C(=O)OCC)C(C#N)C#N. The Labute approximate surface area is 106 Å². The van der Waals surface area contributed by atoms with Crippen molar-refractivity contribution in [2.24, 2.45) is 17.8 Å².